The van der Waals surface area contributed by atoms with Gasteiger partial charge in [-0.05, 0) is 42.7 Å². The minimum Gasteiger partial charge on any atom is -0.378 e. The Hall–Kier alpha value is -2.86. The van der Waals surface area contributed by atoms with Crippen molar-refractivity contribution in [2.24, 2.45) is 5.73 Å². The third-order valence-corrected chi connectivity index (χ3v) is 4.65. The number of ether oxygens (including phenoxy) is 1. The summed E-state index contributed by atoms with van der Waals surface area (Å²) < 4.78 is 5.27. The zero-order chi connectivity index (χ0) is 19.1. The molecule has 3 rings (SSSR count). The Morgan fingerprint density at radius 1 is 1.00 bits per heavy atom. The first-order valence-corrected chi connectivity index (χ1v) is 9.24. The summed E-state index contributed by atoms with van der Waals surface area (Å²) in [5.41, 5.74) is 8.14. The van der Waals surface area contributed by atoms with E-state index in [4.69, 9.17) is 10.5 Å². The van der Waals surface area contributed by atoms with Crippen LogP contribution in [0.1, 0.15) is 19.8 Å². The predicted molar refractivity (Wildman–Crippen MR) is 106 cm³/mol. The van der Waals surface area contributed by atoms with E-state index in [2.05, 4.69) is 0 Å². The number of para-hydroxylation sites is 1. The fourth-order valence-electron chi connectivity index (χ4n) is 3.21. The van der Waals surface area contributed by atoms with Crippen LogP contribution < -0.4 is 10.6 Å². The van der Waals surface area contributed by atoms with Crippen LogP contribution in [0.5, 0.6) is 0 Å². The number of carbonyl (C=O) groups is 2. The molecular formula is C21H26N3O3+. The molecule has 0 aromatic heterocycles. The maximum Gasteiger partial charge on any atom is 1.00 e. The molecule has 0 aliphatic carbocycles. The fraction of sp³-hybridized carbons (Fsp3) is 0.333. The van der Waals surface area contributed by atoms with Crippen LogP contribution in [0.2, 0.25) is 0 Å². The average molecular weight is 368 g/mol. The van der Waals surface area contributed by atoms with Gasteiger partial charge in [-0.2, -0.15) is 0 Å². The molecule has 0 bridgehead atoms. The summed E-state index contributed by atoms with van der Waals surface area (Å²) >= 11 is 0. The van der Waals surface area contributed by atoms with E-state index in [1.165, 1.54) is 4.90 Å². The van der Waals surface area contributed by atoms with Crippen LogP contribution in [0.4, 0.5) is 16.2 Å². The number of aryl methyl sites for hydroxylation is 1. The normalized spacial score (nSPS) is 14.0. The van der Waals surface area contributed by atoms with E-state index < -0.39 is 6.03 Å². The maximum absolute atomic E-state index is 12.2. The highest BCUT2D eigenvalue weighted by atomic mass is 16.5. The maximum atomic E-state index is 12.2. The largest absolute Gasteiger partial charge is 1.00 e. The monoisotopic (exact) mass is 368 g/mol. The molecule has 6 heteroatoms. The number of nitrogens with zero attached hydrogens (tertiary/aromatic N) is 2. The van der Waals surface area contributed by atoms with Gasteiger partial charge in [-0.25, -0.2) is 4.79 Å². The average Bonchev–Trinajstić information content (AvgIpc) is 2.70. The summed E-state index contributed by atoms with van der Waals surface area (Å²) in [6.07, 6.45) is 2.16. The van der Waals surface area contributed by atoms with Gasteiger partial charge in [0.25, 0.3) is 0 Å². The summed E-state index contributed by atoms with van der Waals surface area (Å²) in [6, 6.07) is 16.5. The van der Waals surface area contributed by atoms with Crippen molar-refractivity contribution in [3.05, 3.63) is 60.2 Å². The van der Waals surface area contributed by atoms with Gasteiger partial charge < -0.3 is 15.4 Å². The smallest absolute Gasteiger partial charge is 0.378 e. The van der Waals surface area contributed by atoms with Gasteiger partial charge in [0.2, 0.25) is 5.91 Å². The number of urea groups is 1. The van der Waals surface area contributed by atoms with Gasteiger partial charge >= 0.3 is 7.46 Å². The SMILES string of the molecule is NC(=O)N(c1ccccc1)c1ccc(CCCC(=O)N2CCOCC2)cc1.[H+]. The van der Waals surface area contributed by atoms with Gasteiger partial charge in [0, 0.05) is 19.5 Å². The molecule has 1 aliphatic heterocycles. The molecule has 0 radical (unpaired) electrons. The van der Waals surface area contributed by atoms with Gasteiger partial charge in [-0.3, -0.25) is 9.69 Å². The molecule has 6 nitrogen and oxygen atoms in total. The molecule has 3 amide bonds. The highest BCUT2D eigenvalue weighted by Gasteiger charge is 2.17. The Bertz CT molecular complexity index is 762. The van der Waals surface area contributed by atoms with Crippen molar-refractivity contribution >= 4 is 23.3 Å². The van der Waals surface area contributed by atoms with Crippen molar-refractivity contribution in [2.45, 2.75) is 19.3 Å². The van der Waals surface area contributed by atoms with Gasteiger partial charge in [0.1, 0.15) is 0 Å². The molecule has 0 unspecified atom stereocenters. The molecule has 142 valence electrons. The van der Waals surface area contributed by atoms with E-state index >= 15 is 0 Å². The lowest BCUT2D eigenvalue weighted by atomic mass is 10.1. The predicted octanol–water partition coefficient (Wildman–Crippen LogP) is 3.20. The number of carbonyl (C=O) groups excluding carboxylic acids is 2. The minimum atomic E-state index is -0.523. The molecule has 1 aliphatic rings. The second-order valence-electron chi connectivity index (χ2n) is 6.52. The standard InChI is InChI=1S/C21H25N3O3/c22-21(26)24(18-6-2-1-3-7-18)19-11-9-17(10-12-19)5-4-8-20(25)23-13-15-27-16-14-23/h1-3,6-7,9-12H,4-5,8,13-16H2,(H2,22,26)/p+1. The zero-order valence-corrected chi connectivity index (χ0v) is 15.3. The van der Waals surface area contributed by atoms with Gasteiger partial charge in [0.15, 0.2) is 0 Å². The molecule has 2 aromatic rings. The Kier molecular flexibility index (Phi) is 6.44. The third-order valence-electron chi connectivity index (χ3n) is 4.65. The van der Waals surface area contributed by atoms with Gasteiger partial charge in [-0.15, -0.1) is 0 Å². The van der Waals surface area contributed by atoms with E-state index in [9.17, 15) is 9.59 Å². The number of hydrogen-bond acceptors (Lipinski definition) is 3. The Balaban J connectivity index is 0.00000280. The highest BCUT2D eigenvalue weighted by Crippen LogP contribution is 2.25. The number of primary amides is 1. The van der Waals surface area contributed by atoms with Crippen LogP contribution in [-0.4, -0.2) is 43.1 Å². The molecule has 0 spiro atoms. The molecule has 1 saturated heterocycles. The van der Waals surface area contributed by atoms with Gasteiger partial charge in [-0.1, -0.05) is 30.3 Å². The first-order valence-electron chi connectivity index (χ1n) is 9.24. The summed E-state index contributed by atoms with van der Waals surface area (Å²) in [4.78, 5) is 27.4. The molecule has 0 saturated carbocycles. The fourth-order valence-corrected chi connectivity index (χ4v) is 3.21. The lowest BCUT2D eigenvalue weighted by Crippen LogP contribution is -2.40. The van der Waals surface area contributed by atoms with Crippen LogP contribution in [0.15, 0.2) is 54.6 Å². The van der Waals surface area contributed by atoms with E-state index in [0.717, 1.165) is 29.8 Å². The summed E-state index contributed by atoms with van der Waals surface area (Å²) in [5, 5.41) is 0. The lowest BCUT2D eigenvalue weighted by Gasteiger charge is -2.26. The Labute approximate surface area is 161 Å². The van der Waals surface area contributed by atoms with E-state index in [0.29, 0.717) is 32.7 Å². The summed E-state index contributed by atoms with van der Waals surface area (Å²) in [5.74, 6) is 0.193. The number of morpholine rings is 1. The quantitative estimate of drug-likeness (QED) is 0.851. The van der Waals surface area contributed by atoms with Crippen LogP contribution >= 0.6 is 0 Å². The van der Waals surface area contributed by atoms with Crippen molar-refractivity contribution < 1.29 is 15.8 Å². The Morgan fingerprint density at radius 3 is 2.26 bits per heavy atom. The lowest BCUT2D eigenvalue weighted by molar-refractivity contribution is -0.135. The number of benzene rings is 2. The number of nitrogens with two attached hydrogens (primary N) is 1. The molecule has 0 atom stereocenters. The first-order chi connectivity index (χ1) is 13.1. The van der Waals surface area contributed by atoms with E-state index in [1.807, 2.05) is 59.5 Å². The third kappa shape index (κ3) is 5.08. The molecule has 2 aromatic carbocycles. The molecule has 1 fully saturated rings. The van der Waals surface area contributed by atoms with Crippen LogP contribution in [0.25, 0.3) is 0 Å². The summed E-state index contributed by atoms with van der Waals surface area (Å²) in [6.45, 7) is 2.64. The van der Waals surface area contributed by atoms with Crippen molar-refractivity contribution in [3.63, 3.8) is 0 Å². The van der Waals surface area contributed by atoms with E-state index in [-0.39, 0.29) is 7.33 Å². The second kappa shape index (κ2) is 9.19. The van der Waals surface area contributed by atoms with Crippen molar-refractivity contribution in [1.29, 1.82) is 0 Å². The number of amides is 3. The zero-order valence-electron chi connectivity index (χ0n) is 16.3. The molecule has 27 heavy (non-hydrogen) atoms. The topological polar surface area (TPSA) is 75.9 Å². The van der Waals surface area contributed by atoms with Crippen molar-refractivity contribution in [2.75, 3.05) is 31.2 Å². The number of anilines is 2. The second-order valence-corrected chi connectivity index (χ2v) is 6.52. The number of rotatable bonds is 6. The van der Waals surface area contributed by atoms with E-state index in [1.54, 1.807) is 0 Å². The molecule has 2 N–H and O–H groups in total. The minimum absolute atomic E-state index is 0. The highest BCUT2D eigenvalue weighted by molar-refractivity contribution is 5.98. The van der Waals surface area contributed by atoms with Crippen LogP contribution in [0, 0.1) is 0 Å². The first kappa shape index (κ1) is 18.9. The molecule has 1 heterocycles. The van der Waals surface area contributed by atoms with Gasteiger partial charge in [0.05, 0.1) is 24.6 Å². The molecular weight excluding hydrogens is 342 g/mol. The van der Waals surface area contributed by atoms with Crippen LogP contribution in [0.3, 0.4) is 0 Å². The van der Waals surface area contributed by atoms with Crippen molar-refractivity contribution in [3.8, 4) is 0 Å². The summed E-state index contributed by atoms with van der Waals surface area (Å²) in [7, 11) is 0. The van der Waals surface area contributed by atoms with Crippen LogP contribution in [-0.2, 0) is 16.0 Å². The number of hydrogen-bond donors (Lipinski definition) is 1. The van der Waals surface area contributed by atoms with Crippen molar-refractivity contribution in [1.82, 2.24) is 4.90 Å². The Morgan fingerprint density at radius 2 is 1.63 bits per heavy atom.